The van der Waals surface area contributed by atoms with Gasteiger partial charge in [-0.2, -0.15) is 17.6 Å². The molecule has 1 fully saturated rings. The summed E-state index contributed by atoms with van der Waals surface area (Å²) in [6.07, 6.45) is -8.71. The first kappa shape index (κ1) is 31.5. The quantitative estimate of drug-likeness (QED) is 0.365. The predicted molar refractivity (Wildman–Crippen MR) is 144 cm³/mol. The summed E-state index contributed by atoms with van der Waals surface area (Å²) in [5.74, 6) is -2.90. The molecule has 1 aromatic heterocycles. The molecule has 1 atom stereocenters. The molecule has 0 spiro atoms. The van der Waals surface area contributed by atoms with E-state index in [-0.39, 0.29) is 41.1 Å². The summed E-state index contributed by atoms with van der Waals surface area (Å²) < 4.78 is 97.8. The maximum Gasteiger partial charge on any atom is 0.461 e. The number of nitrogens with zero attached hydrogens (tertiary/aromatic N) is 2. The van der Waals surface area contributed by atoms with Crippen molar-refractivity contribution in [2.24, 2.45) is 0 Å². The molecule has 42 heavy (non-hydrogen) atoms. The van der Waals surface area contributed by atoms with Gasteiger partial charge < -0.3 is 15.2 Å². The first-order chi connectivity index (χ1) is 19.2. The van der Waals surface area contributed by atoms with Crippen molar-refractivity contribution in [1.82, 2.24) is 14.5 Å². The van der Waals surface area contributed by atoms with E-state index in [9.17, 15) is 40.7 Å². The van der Waals surface area contributed by atoms with Crippen LogP contribution >= 0.6 is 0 Å². The average Bonchev–Trinajstić information content (AvgIpc) is 3.14. The van der Waals surface area contributed by atoms with E-state index in [0.717, 1.165) is 33.4 Å². The van der Waals surface area contributed by atoms with Gasteiger partial charge in [-0.25, -0.2) is 17.6 Å². The lowest BCUT2D eigenvalue weighted by atomic mass is 9.94. The monoisotopic (exact) mass is 619 g/mol. The van der Waals surface area contributed by atoms with E-state index in [2.05, 4.69) is 10.1 Å². The van der Waals surface area contributed by atoms with Crippen LogP contribution in [-0.4, -0.2) is 63.7 Å². The molecular weight excluding hydrogens is 589 g/mol. The molecule has 0 unspecified atom stereocenters. The first-order valence-electron chi connectivity index (χ1n) is 12.9. The Morgan fingerprint density at radius 1 is 1.12 bits per heavy atom. The van der Waals surface area contributed by atoms with Crippen molar-refractivity contribution in [3.8, 4) is 11.4 Å². The predicted octanol–water partition coefficient (Wildman–Crippen LogP) is 4.20. The van der Waals surface area contributed by atoms with Crippen molar-refractivity contribution >= 4 is 26.8 Å². The van der Waals surface area contributed by atoms with Crippen molar-refractivity contribution in [2.75, 3.05) is 11.5 Å². The minimum Gasteiger partial charge on any atom is -0.428 e. The van der Waals surface area contributed by atoms with Gasteiger partial charge in [0.15, 0.2) is 0 Å². The Balaban J connectivity index is 1.85. The second-order valence-electron chi connectivity index (χ2n) is 11.3. The Kier molecular flexibility index (Phi) is 8.00. The second-order valence-corrected chi connectivity index (χ2v) is 13.6. The summed E-state index contributed by atoms with van der Waals surface area (Å²) in [6.45, 7) is 5.98. The number of ether oxygens (including phenoxy) is 1. The molecule has 0 bridgehead atoms. The van der Waals surface area contributed by atoms with Crippen LogP contribution in [0.1, 0.15) is 56.9 Å². The van der Waals surface area contributed by atoms with Crippen molar-refractivity contribution in [2.45, 2.75) is 70.3 Å². The molecule has 9 nitrogen and oxygen atoms in total. The number of aliphatic hydroxyl groups is 1. The maximum absolute atomic E-state index is 15.5. The molecule has 15 heteroatoms. The highest BCUT2D eigenvalue weighted by Gasteiger charge is 2.44. The number of sulfone groups is 1. The summed E-state index contributed by atoms with van der Waals surface area (Å²) >= 11 is 0. The minimum absolute atomic E-state index is 0.00165. The normalized spacial score (nSPS) is 17.8. The van der Waals surface area contributed by atoms with E-state index in [1.807, 2.05) is 0 Å². The lowest BCUT2D eigenvalue weighted by molar-refractivity contribution is -0.253. The molecule has 4 rings (SSSR count). The molecule has 3 aromatic rings. The molecule has 0 radical (unpaired) electrons. The number of hydrogen-bond acceptors (Lipinski definition) is 6. The van der Waals surface area contributed by atoms with Crippen LogP contribution in [0.4, 0.5) is 22.0 Å². The SMILES string of the molecule is C[C@H](n1c(=O)n(-c2cccc(OC(F)(F)C(F)F)c2)c2cc(F)c(C(=O)NC3(C)CCS(=O)(=O)CC3)cc21)C(C)(C)O. The summed E-state index contributed by atoms with van der Waals surface area (Å²) in [5, 5.41) is 13.4. The van der Waals surface area contributed by atoms with Crippen molar-refractivity contribution in [1.29, 1.82) is 0 Å². The number of halogens is 5. The fourth-order valence-electron chi connectivity index (χ4n) is 4.69. The Bertz CT molecular complexity index is 1680. The number of alkyl halides is 4. The molecule has 2 heterocycles. The number of amides is 1. The highest BCUT2D eigenvalue weighted by atomic mass is 32.2. The van der Waals surface area contributed by atoms with Crippen LogP contribution in [-0.2, 0) is 9.84 Å². The zero-order valence-corrected chi connectivity index (χ0v) is 23.9. The van der Waals surface area contributed by atoms with Crippen LogP contribution in [0.2, 0.25) is 0 Å². The van der Waals surface area contributed by atoms with E-state index in [1.165, 1.54) is 32.9 Å². The van der Waals surface area contributed by atoms with Crippen molar-refractivity contribution < 1.29 is 45.0 Å². The zero-order chi connectivity index (χ0) is 31.4. The largest absolute Gasteiger partial charge is 0.461 e. The van der Waals surface area contributed by atoms with Gasteiger partial charge in [0.2, 0.25) is 0 Å². The number of rotatable bonds is 8. The lowest BCUT2D eigenvalue weighted by Gasteiger charge is -2.34. The third kappa shape index (κ3) is 6.16. The summed E-state index contributed by atoms with van der Waals surface area (Å²) in [6, 6.07) is 5.35. The molecule has 1 aliphatic heterocycles. The van der Waals surface area contributed by atoms with Gasteiger partial charge in [-0.15, -0.1) is 0 Å². The number of fused-ring (bicyclic) bond motifs is 1. The Labute approximate surface area is 237 Å². The van der Waals surface area contributed by atoms with Gasteiger partial charge in [0.1, 0.15) is 21.4 Å². The van der Waals surface area contributed by atoms with E-state index in [0.29, 0.717) is 0 Å². The molecule has 2 N–H and O–H groups in total. The van der Waals surface area contributed by atoms with Gasteiger partial charge in [0.05, 0.1) is 45.4 Å². The summed E-state index contributed by atoms with van der Waals surface area (Å²) in [4.78, 5) is 27.0. The van der Waals surface area contributed by atoms with Crippen molar-refractivity contribution in [3.05, 3.63) is 58.3 Å². The van der Waals surface area contributed by atoms with Gasteiger partial charge in [-0.05, 0) is 58.7 Å². The van der Waals surface area contributed by atoms with Crippen LogP contribution in [0.15, 0.2) is 41.2 Å². The highest BCUT2D eigenvalue weighted by Crippen LogP contribution is 2.32. The van der Waals surface area contributed by atoms with E-state index in [1.54, 1.807) is 6.92 Å². The third-order valence-corrected chi connectivity index (χ3v) is 9.20. The smallest absolute Gasteiger partial charge is 0.428 e. The Hall–Kier alpha value is -3.46. The third-order valence-electron chi connectivity index (χ3n) is 7.55. The van der Waals surface area contributed by atoms with Gasteiger partial charge in [0.25, 0.3) is 5.91 Å². The van der Waals surface area contributed by atoms with Crippen molar-refractivity contribution in [3.63, 3.8) is 0 Å². The minimum atomic E-state index is -4.82. The fourth-order valence-corrected chi connectivity index (χ4v) is 6.42. The highest BCUT2D eigenvalue weighted by molar-refractivity contribution is 7.91. The summed E-state index contributed by atoms with van der Waals surface area (Å²) in [7, 11) is -3.24. The number of benzene rings is 2. The standard InChI is InChI=1S/C27H30F5N3O6S/c1-15(25(2,3)38)34-20-13-18(22(36)33-26(4)8-10-42(39,40)11-9-26)19(28)14-21(20)35(24(34)37)16-6-5-7-17(12-16)41-27(31,32)23(29)30/h5-7,12-15,23,38H,8-11H2,1-4H3,(H,33,36)/t15-/m0/s1. The molecule has 1 aliphatic rings. The Morgan fingerprint density at radius 2 is 1.74 bits per heavy atom. The second kappa shape index (κ2) is 10.7. The van der Waals surface area contributed by atoms with E-state index < -0.39 is 68.3 Å². The number of nitrogens with one attached hydrogen (secondary N) is 1. The fraction of sp³-hybridized carbons (Fsp3) is 0.481. The van der Waals surface area contributed by atoms with Crippen LogP contribution in [0.5, 0.6) is 5.75 Å². The molecule has 230 valence electrons. The first-order valence-corrected chi connectivity index (χ1v) is 14.7. The molecule has 0 aliphatic carbocycles. The average molecular weight is 620 g/mol. The number of imidazole rings is 1. The molecule has 1 saturated heterocycles. The van der Waals surface area contributed by atoms with Crippen LogP contribution in [0, 0.1) is 5.82 Å². The van der Waals surface area contributed by atoms with Crippen LogP contribution < -0.4 is 15.7 Å². The lowest BCUT2D eigenvalue weighted by Crippen LogP contribution is -2.51. The molecule has 0 saturated carbocycles. The summed E-state index contributed by atoms with van der Waals surface area (Å²) in [5.41, 5.74) is -4.00. The number of aromatic nitrogens is 2. The van der Waals surface area contributed by atoms with Gasteiger partial charge >= 0.3 is 18.2 Å². The Morgan fingerprint density at radius 3 is 2.31 bits per heavy atom. The number of hydrogen-bond donors (Lipinski definition) is 2. The van der Waals surface area contributed by atoms with Gasteiger partial charge in [-0.3, -0.25) is 13.9 Å². The molecule has 2 aromatic carbocycles. The van der Waals surface area contributed by atoms with E-state index in [4.69, 9.17) is 0 Å². The van der Waals surface area contributed by atoms with Crippen LogP contribution in [0.25, 0.3) is 16.7 Å². The van der Waals surface area contributed by atoms with E-state index >= 15 is 4.39 Å². The van der Waals surface area contributed by atoms with Gasteiger partial charge in [0, 0.05) is 17.7 Å². The number of carbonyl (C=O) groups is 1. The molecular formula is C27H30F5N3O6S. The van der Waals surface area contributed by atoms with Crippen LogP contribution in [0.3, 0.4) is 0 Å². The molecule has 1 amide bonds. The topological polar surface area (TPSA) is 120 Å². The van der Waals surface area contributed by atoms with Gasteiger partial charge in [-0.1, -0.05) is 6.07 Å². The number of carbonyl (C=O) groups excluding carboxylic acids is 1. The zero-order valence-electron chi connectivity index (χ0n) is 23.1. The maximum atomic E-state index is 15.5.